The van der Waals surface area contributed by atoms with Gasteiger partial charge in [-0.1, -0.05) is 12.1 Å². The minimum atomic E-state index is -0.176. The van der Waals surface area contributed by atoms with Gasteiger partial charge in [0.05, 0.1) is 26.0 Å². The number of methoxy groups -OCH3 is 1. The molecule has 2 aromatic heterocycles. The van der Waals surface area contributed by atoms with Gasteiger partial charge < -0.3 is 18.9 Å². The molecular formula is C22H26N4O4. The quantitative estimate of drug-likeness (QED) is 0.641. The van der Waals surface area contributed by atoms with E-state index in [1.54, 1.807) is 12.0 Å². The molecule has 1 aromatic carbocycles. The first-order valence-electron chi connectivity index (χ1n) is 10.1. The molecule has 0 unspecified atom stereocenters. The minimum absolute atomic E-state index is 0.0531. The van der Waals surface area contributed by atoms with Crippen molar-refractivity contribution in [2.24, 2.45) is 7.05 Å². The molecule has 1 aliphatic rings. The largest absolute Gasteiger partial charge is 0.497 e. The summed E-state index contributed by atoms with van der Waals surface area (Å²) in [5.74, 6) is 0.784. The van der Waals surface area contributed by atoms with Crippen molar-refractivity contribution < 1.29 is 14.3 Å². The molecular weight excluding hydrogens is 384 g/mol. The fourth-order valence-electron chi connectivity index (χ4n) is 3.83. The lowest BCUT2D eigenvalue weighted by atomic mass is 10.1. The minimum Gasteiger partial charge on any atom is -0.497 e. The summed E-state index contributed by atoms with van der Waals surface area (Å²) < 4.78 is 14.0. The third-order valence-electron chi connectivity index (χ3n) is 5.74. The zero-order valence-corrected chi connectivity index (χ0v) is 17.6. The molecule has 158 valence electrons. The van der Waals surface area contributed by atoms with Crippen LogP contribution in [0.25, 0.3) is 16.9 Å². The molecule has 1 fully saturated rings. The van der Waals surface area contributed by atoms with Gasteiger partial charge in [-0.25, -0.2) is 0 Å². The molecule has 30 heavy (non-hydrogen) atoms. The highest BCUT2D eigenvalue weighted by Crippen LogP contribution is 2.24. The van der Waals surface area contributed by atoms with E-state index in [4.69, 9.17) is 9.47 Å². The molecule has 1 amide bonds. The Morgan fingerprint density at radius 3 is 2.73 bits per heavy atom. The van der Waals surface area contributed by atoms with Gasteiger partial charge in [-0.3, -0.25) is 9.59 Å². The Morgan fingerprint density at radius 1 is 1.23 bits per heavy atom. The number of hydrogen-bond acceptors (Lipinski definition) is 5. The van der Waals surface area contributed by atoms with Gasteiger partial charge in [0.1, 0.15) is 11.4 Å². The second-order valence-corrected chi connectivity index (χ2v) is 7.45. The van der Waals surface area contributed by atoms with Gasteiger partial charge in [-0.05, 0) is 25.5 Å². The third kappa shape index (κ3) is 3.70. The number of ether oxygens (including phenoxy) is 2. The maximum absolute atomic E-state index is 13.2. The number of carbonyl (C=O) groups is 1. The van der Waals surface area contributed by atoms with Crippen LogP contribution in [0, 0.1) is 6.92 Å². The summed E-state index contributed by atoms with van der Waals surface area (Å²) in [5.41, 5.74) is 3.57. The average Bonchev–Trinajstić information content (AvgIpc) is 3.24. The summed E-state index contributed by atoms with van der Waals surface area (Å²) in [5, 5.41) is 4.55. The Bertz CT molecular complexity index is 1140. The van der Waals surface area contributed by atoms with Crippen molar-refractivity contribution in [2.45, 2.75) is 19.8 Å². The van der Waals surface area contributed by atoms with Crippen LogP contribution in [0.15, 0.2) is 35.1 Å². The normalized spacial score (nSPS) is 14.3. The van der Waals surface area contributed by atoms with E-state index in [0.717, 1.165) is 17.0 Å². The van der Waals surface area contributed by atoms with Gasteiger partial charge in [0.15, 0.2) is 0 Å². The van der Waals surface area contributed by atoms with Crippen LogP contribution in [0.1, 0.15) is 17.7 Å². The van der Waals surface area contributed by atoms with Crippen LogP contribution in [-0.4, -0.2) is 58.4 Å². The van der Waals surface area contributed by atoms with Gasteiger partial charge in [-0.2, -0.15) is 9.61 Å². The molecule has 0 radical (unpaired) electrons. The number of benzene rings is 1. The van der Waals surface area contributed by atoms with Gasteiger partial charge in [0, 0.05) is 49.4 Å². The number of carbonyl (C=O) groups excluding carboxylic acids is 1. The summed E-state index contributed by atoms with van der Waals surface area (Å²) in [7, 11) is 3.53. The van der Waals surface area contributed by atoms with E-state index in [2.05, 4.69) is 5.10 Å². The van der Waals surface area contributed by atoms with Crippen LogP contribution in [0.2, 0.25) is 0 Å². The van der Waals surface area contributed by atoms with E-state index in [-0.39, 0.29) is 11.5 Å². The van der Waals surface area contributed by atoms with Crippen LogP contribution in [0.5, 0.6) is 5.75 Å². The van der Waals surface area contributed by atoms with Crippen molar-refractivity contribution in [1.82, 2.24) is 19.1 Å². The smallest absolute Gasteiger partial charge is 0.277 e. The van der Waals surface area contributed by atoms with E-state index in [1.165, 1.54) is 4.52 Å². The van der Waals surface area contributed by atoms with Crippen LogP contribution < -0.4 is 10.3 Å². The van der Waals surface area contributed by atoms with Crippen LogP contribution in [0.4, 0.5) is 0 Å². The van der Waals surface area contributed by atoms with E-state index in [9.17, 15) is 9.59 Å². The molecule has 3 heterocycles. The van der Waals surface area contributed by atoms with Crippen molar-refractivity contribution in [2.75, 3.05) is 33.4 Å². The van der Waals surface area contributed by atoms with Crippen LogP contribution in [0.3, 0.4) is 0 Å². The molecule has 8 nitrogen and oxygen atoms in total. The highest BCUT2D eigenvalue weighted by molar-refractivity contribution is 5.76. The molecule has 1 aliphatic heterocycles. The molecule has 0 bridgehead atoms. The standard InChI is InChI=1S/C22H26N4O4/c1-15-18(7-8-21(27)25-9-11-30-12-10-25)22(28)26-20(24(15)2)14-19(23-26)16-5-4-6-17(13-16)29-3/h4-6,13-14H,7-12H2,1-3H3. The number of morpholine rings is 1. The molecule has 4 rings (SSSR count). The SMILES string of the molecule is COc1cccc(-c2cc3n(C)c(C)c(CCC(=O)N4CCOCC4)c(=O)n3n2)c1. The Morgan fingerprint density at radius 2 is 2.00 bits per heavy atom. The molecule has 1 saturated heterocycles. The maximum atomic E-state index is 13.2. The van der Waals surface area contributed by atoms with Gasteiger partial charge in [0.2, 0.25) is 5.91 Å². The summed E-state index contributed by atoms with van der Waals surface area (Å²) in [6, 6.07) is 9.48. The van der Waals surface area contributed by atoms with Gasteiger partial charge >= 0.3 is 0 Å². The van der Waals surface area contributed by atoms with E-state index >= 15 is 0 Å². The number of amides is 1. The molecule has 0 saturated carbocycles. The lowest BCUT2D eigenvalue weighted by Gasteiger charge is -2.27. The lowest BCUT2D eigenvalue weighted by molar-refractivity contribution is -0.135. The van der Waals surface area contributed by atoms with E-state index in [1.807, 2.05) is 48.9 Å². The first-order chi connectivity index (χ1) is 14.5. The van der Waals surface area contributed by atoms with Crippen LogP contribution in [-0.2, 0) is 23.0 Å². The summed E-state index contributed by atoms with van der Waals surface area (Å²) in [6.45, 7) is 4.27. The van der Waals surface area contributed by atoms with Gasteiger partial charge in [0.25, 0.3) is 5.56 Å². The fourth-order valence-corrected chi connectivity index (χ4v) is 3.83. The van der Waals surface area contributed by atoms with E-state index in [0.29, 0.717) is 56.0 Å². The second kappa shape index (κ2) is 8.31. The Kier molecular flexibility index (Phi) is 5.59. The Balaban J connectivity index is 1.66. The topological polar surface area (TPSA) is 78.1 Å². The number of fused-ring (bicyclic) bond motifs is 1. The van der Waals surface area contributed by atoms with Gasteiger partial charge in [-0.15, -0.1) is 0 Å². The van der Waals surface area contributed by atoms with Crippen LogP contribution >= 0.6 is 0 Å². The Labute approximate surface area is 174 Å². The number of hydrogen-bond donors (Lipinski definition) is 0. The Hall–Kier alpha value is -3.13. The van der Waals surface area contributed by atoms with Crippen molar-refractivity contribution >= 4 is 11.6 Å². The second-order valence-electron chi connectivity index (χ2n) is 7.45. The molecule has 3 aromatic rings. The van der Waals surface area contributed by atoms with Crippen molar-refractivity contribution in [3.05, 3.63) is 51.9 Å². The first kappa shape index (κ1) is 20.2. The lowest BCUT2D eigenvalue weighted by Crippen LogP contribution is -2.41. The molecule has 0 atom stereocenters. The first-order valence-corrected chi connectivity index (χ1v) is 10.1. The average molecular weight is 410 g/mol. The predicted octanol–water partition coefficient (Wildman–Crippen LogP) is 1.81. The molecule has 0 spiro atoms. The number of aryl methyl sites for hydroxylation is 1. The van der Waals surface area contributed by atoms with Crippen molar-refractivity contribution in [3.8, 4) is 17.0 Å². The third-order valence-corrected chi connectivity index (χ3v) is 5.74. The predicted molar refractivity (Wildman–Crippen MR) is 113 cm³/mol. The molecule has 0 aliphatic carbocycles. The maximum Gasteiger partial charge on any atom is 0.277 e. The summed E-state index contributed by atoms with van der Waals surface area (Å²) in [4.78, 5) is 27.5. The molecule has 8 heteroatoms. The van der Waals surface area contributed by atoms with Crippen molar-refractivity contribution in [1.29, 1.82) is 0 Å². The number of aromatic nitrogens is 3. The summed E-state index contributed by atoms with van der Waals surface area (Å²) in [6.07, 6.45) is 0.685. The fraction of sp³-hybridized carbons (Fsp3) is 0.409. The number of rotatable bonds is 5. The zero-order valence-electron chi connectivity index (χ0n) is 17.6. The highest BCUT2D eigenvalue weighted by atomic mass is 16.5. The van der Waals surface area contributed by atoms with Crippen molar-refractivity contribution in [3.63, 3.8) is 0 Å². The zero-order chi connectivity index (χ0) is 21.3. The monoisotopic (exact) mass is 410 g/mol. The van der Waals surface area contributed by atoms with E-state index < -0.39 is 0 Å². The summed E-state index contributed by atoms with van der Waals surface area (Å²) >= 11 is 0. The molecule has 0 N–H and O–H groups in total. The highest BCUT2D eigenvalue weighted by Gasteiger charge is 2.20. The number of nitrogens with zero attached hydrogens (tertiary/aromatic N) is 4.